The normalized spacial score (nSPS) is 18.7. The van der Waals surface area contributed by atoms with E-state index in [4.69, 9.17) is 11.6 Å². The fourth-order valence-electron chi connectivity index (χ4n) is 2.48. The minimum absolute atomic E-state index is 0.00973. The Labute approximate surface area is 169 Å². The Morgan fingerprint density at radius 3 is 2.63 bits per heavy atom. The highest BCUT2D eigenvalue weighted by atomic mass is 35.5. The van der Waals surface area contributed by atoms with Gasteiger partial charge in [-0.25, -0.2) is 0 Å². The summed E-state index contributed by atoms with van der Waals surface area (Å²) < 4.78 is 0. The van der Waals surface area contributed by atoms with Crippen LogP contribution < -0.4 is 5.32 Å². The van der Waals surface area contributed by atoms with E-state index in [1.807, 2.05) is 0 Å². The maximum Gasteiger partial charge on any atom is 0.293 e. The average Bonchev–Trinajstić information content (AvgIpc) is 3.14. The average molecular weight is 426 g/mol. The molecule has 1 aromatic carbocycles. The molecule has 2 fully saturated rings. The molecule has 27 heavy (non-hydrogen) atoms. The lowest BCUT2D eigenvalue weighted by molar-refractivity contribution is -0.132. The number of thioether (sulfide) groups is 2. The summed E-state index contributed by atoms with van der Waals surface area (Å²) in [6, 6.07) is 6.93. The Hall–Kier alpha value is -1.97. The number of imide groups is 1. The molecular weight excluding hydrogens is 410 g/mol. The van der Waals surface area contributed by atoms with Crippen molar-refractivity contribution in [1.29, 1.82) is 0 Å². The molecule has 2 aliphatic rings. The summed E-state index contributed by atoms with van der Waals surface area (Å²) in [5.41, 5.74) is 0.770. The first-order valence-corrected chi connectivity index (χ1v) is 10.4. The number of hydrogen-bond donors (Lipinski definition) is 1. The highest BCUT2D eigenvalue weighted by Gasteiger charge is 2.34. The molecule has 1 aromatic rings. The van der Waals surface area contributed by atoms with Crippen LogP contribution in [0.5, 0.6) is 0 Å². The highest BCUT2D eigenvalue weighted by Crippen LogP contribution is 2.32. The Kier molecular flexibility index (Phi) is 6.46. The van der Waals surface area contributed by atoms with Crippen LogP contribution in [0.1, 0.15) is 5.56 Å². The van der Waals surface area contributed by atoms with Crippen LogP contribution in [0.2, 0.25) is 5.02 Å². The Balaban J connectivity index is 1.51. The van der Waals surface area contributed by atoms with Gasteiger partial charge in [0.15, 0.2) is 0 Å². The zero-order chi connectivity index (χ0) is 19.4. The molecule has 4 amide bonds. The van der Waals surface area contributed by atoms with Gasteiger partial charge in [0, 0.05) is 18.1 Å². The van der Waals surface area contributed by atoms with Gasteiger partial charge in [-0.05, 0) is 35.5 Å². The quantitative estimate of drug-likeness (QED) is 0.702. The van der Waals surface area contributed by atoms with Crippen molar-refractivity contribution in [2.45, 2.75) is 0 Å². The number of nitrogens with one attached hydrogen (secondary N) is 1. The molecule has 0 bridgehead atoms. The second-order valence-corrected chi connectivity index (χ2v) is 8.19. The lowest BCUT2D eigenvalue weighted by Gasteiger charge is -2.16. The van der Waals surface area contributed by atoms with E-state index < -0.39 is 0 Å². The molecule has 0 unspecified atom stereocenters. The van der Waals surface area contributed by atoms with Crippen LogP contribution in [0.15, 0.2) is 29.2 Å². The molecule has 10 heteroatoms. The monoisotopic (exact) mass is 425 g/mol. The van der Waals surface area contributed by atoms with Crippen LogP contribution in [0.25, 0.3) is 6.08 Å². The van der Waals surface area contributed by atoms with Crippen molar-refractivity contribution in [1.82, 2.24) is 15.1 Å². The summed E-state index contributed by atoms with van der Waals surface area (Å²) in [6.07, 6.45) is 1.64. The number of benzene rings is 1. The van der Waals surface area contributed by atoms with E-state index in [9.17, 15) is 19.2 Å². The van der Waals surface area contributed by atoms with Gasteiger partial charge in [-0.3, -0.25) is 24.1 Å². The molecule has 142 valence electrons. The predicted molar refractivity (Wildman–Crippen MR) is 106 cm³/mol. The third-order valence-corrected chi connectivity index (χ3v) is 5.96. The van der Waals surface area contributed by atoms with Crippen molar-refractivity contribution in [2.24, 2.45) is 0 Å². The maximum atomic E-state index is 12.4. The summed E-state index contributed by atoms with van der Waals surface area (Å²) in [5.74, 6) is 0.137. The van der Waals surface area contributed by atoms with Gasteiger partial charge in [-0.1, -0.05) is 23.7 Å². The van der Waals surface area contributed by atoms with E-state index in [-0.39, 0.29) is 42.6 Å². The van der Waals surface area contributed by atoms with Crippen LogP contribution in [-0.4, -0.2) is 64.0 Å². The van der Waals surface area contributed by atoms with Crippen LogP contribution >= 0.6 is 35.1 Å². The van der Waals surface area contributed by atoms with Gasteiger partial charge in [0.05, 0.1) is 16.5 Å². The number of nitrogens with zero attached hydrogens (tertiary/aromatic N) is 2. The molecule has 2 aliphatic heterocycles. The minimum Gasteiger partial charge on any atom is -0.353 e. The number of halogens is 1. The molecule has 0 saturated carbocycles. The maximum absolute atomic E-state index is 12.4. The van der Waals surface area contributed by atoms with Gasteiger partial charge in [0.25, 0.3) is 11.1 Å². The highest BCUT2D eigenvalue weighted by molar-refractivity contribution is 8.18. The van der Waals surface area contributed by atoms with Crippen LogP contribution in [-0.2, 0) is 14.4 Å². The Morgan fingerprint density at radius 1 is 1.22 bits per heavy atom. The molecule has 0 aliphatic carbocycles. The Morgan fingerprint density at radius 2 is 1.96 bits per heavy atom. The third-order valence-electron chi connectivity index (χ3n) is 3.86. The van der Waals surface area contributed by atoms with Gasteiger partial charge in [-0.2, -0.15) is 0 Å². The second kappa shape index (κ2) is 8.81. The van der Waals surface area contributed by atoms with Crippen molar-refractivity contribution in [3.05, 3.63) is 39.8 Å². The van der Waals surface area contributed by atoms with E-state index in [2.05, 4.69) is 5.32 Å². The Bertz CT molecular complexity index is 813. The number of hydrogen-bond acceptors (Lipinski definition) is 6. The van der Waals surface area contributed by atoms with Crippen molar-refractivity contribution in [3.8, 4) is 0 Å². The minimum atomic E-state index is -0.389. The van der Waals surface area contributed by atoms with E-state index in [1.165, 1.54) is 16.7 Å². The predicted octanol–water partition coefficient (Wildman–Crippen LogP) is 2.03. The van der Waals surface area contributed by atoms with Crippen LogP contribution in [0.4, 0.5) is 4.79 Å². The lowest BCUT2D eigenvalue weighted by Crippen LogP contribution is -2.42. The van der Waals surface area contributed by atoms with E-state index >= 15 is 0 Å². The van der Waals surface area contributed by atoms with Crippen molar-refractivity contribution in [2.75, 3.05) is 31.3 Å². The van der Waals surface area contributed by atoms with E-state index in [1.54, 1.807) is 30.3 Å². The van der Waals surface area contributed by atoms with Gasteiger partial charge >= 0.3 is 0 Å². The first-order chi connectivity index (χ1) is 12.9. The molecular formula is C17H16ClN3O4S2. The molecule has 0 atom stereocenters. The number of amides is 4. The first-order valence-electron chi connectivity index (χ1n) is 8.07. The zero-order valence-corrected chi connectivity index (χ0v) is 16.5. The topological polar surface area (TPSA) is 86.8 Å². The van der Waals surface area contributed by atoms with Crippen LogP contribution in [0, 0.1) is 0 Å². The summed E-state index contributed by atoms with van der Waals surface area (Å²) in [6.45, 7) is 0.210. The fourth-order valence-corrected chi connectivity index (χ4v) is 4.37. The second-order valence-electron chi connectivity index (χ2n) is 5.80. The molecule has 1 N–H and O–H groups in total. The fraction of sp³-hybridized carbons (Fsp3) is 0.294. The summed E-state index contributed by atoms with van der Waals surface area (Å²) in [4.78, 5) is 50.8. The van der Waals surface area contributed by atoms with Crippen molar-refractivity contribution >= 4 is 64.2 Å². The largest absolute Gasteiger partial charge is 0.353 e. The SMILES string of the molecule is O=C(CN1CSCC1=O)NCCN1C(=O)S/C(=C\c2ccc(Cl)cc2)C1=O. The third kappa shape index (κ3) is 5.06. The van der Waals surface area contributed by atoms with Crippen LogP contribution in [0.3, 0.4) is 0 Å². The lowest BCUT2D eigenvalue weighted by atomic mass is 10.2. The van der Waals surface area contributed by atoms with Gasteiger partial charge in [0.1, 0.15) is 6.54 Å². The van der Waals surface area contributed by atoms with Gasteiger partial charge in [0.2, 0.25) is 11.8 Å². The molecule has 2 saturated heterocycles. The van der Waals surface area contributed by atoms with E-state index in [0.29, 0.717) is 21.6 Å². The molecule has 0 spiro atoms. The van der Waals surface area contributed by atoms with Crippen molar-refractivity contribution in [3.63, 3.8) is 0 Å². The molecule has 0 radical (unpaired) electrons. The molecule has 2 heterocycles. The standard InChI is InChI=1S/C17H16ClN3O4S2/c18-12-3-1-11(2-4-12)7-13-16(24)21(17(25)27-13)6-5-19-14(22)8-20-10-26-9-15(20)23/h1-4,7H,5-6,8-10H2,(H,19,22)/b13-7-. The molecule has 0 aromatic heterocycles. The summed E-state index contributed by atoms with van der Waals surface area (Å²) >= 11 is 8.16. The summed E-state index contributed by atoms with van der Waals surface area (Å²) in [7, 11) is 0. The van der Waals surface area contributed by atoms with Gasteiger partial charge < -0.3 is 10.2 Å². The van der Waals surface area contributed by atoms with Gasteiger partial charge in [-0.15, -0.1) is 11.8 Å². The van der Waals surface area contributed by atoms with Crippen molar-refractivity contribution < 1.29 is 19.2 Å². The smallest absolute Gasteiger partial charge is 0.293 e. The van der Waals surface area contributed by atoms with E-state index in [0.717, 1.165) is 22.2 Å². The first kappa shape index (κ1) is 19.8. The molecule has 7 nitrogen and oxygen atoms in total. The number of carbonyl (C=O) groups excluding carboxylic acids is 4. The summed E-state index contributed by atoms with van der Waals surface area (Å²) in [5, 5.41) is 2.85. The zero-order valence-electron chi connectivity index (χ0n) is 14.1. The molecule has 3 rings (SSSR count). The number of rotatable bonds is 6. The number of carbonyl (C=O) groups is 4.